The van der Waals surface area contributed by atoms with Gasteiger partial charge in [-0.3, -0.25) is 4.79 Å². The van der Waals surface area contributed by atoms with Crippen molar-refractivity contribution in [1.82, 2.24) is 25.1 Å². The number of pyridine rings is 1. The first-order valence-corrected chi connectivity index (χ1v) is 7.13. The minimum absolute atomic E-state index is 0.0104. The number of hydrogen-bond acceptors (Lipinski definition) is 5. The maximum Gasteiger partial charge on any atom is 0.224 e. The number of nitrogens with one attached hydrogen (secondary N) is 2. The van der Waals surface area contributed by atoms with Crippen molar-refractivity contribution >= 4 is 11.6 Å². The van der Waals surface area contributed by atoms with Gasteiger partial charge in [-0.1, -0.05) is 0 Å². The third-order valence-electron chi connectivity index (χ3n) is 3.64. The normalized spacial score (nSPS) is 17.8. The number of aromatic nitrogens is 4. The van der Waals surface area contributed by atoms with Gasteiger partial charge in [-0.25, -0.2) is 14.6 Å². The Morgan fingerprint density at radius 2 is 2.48 bits per heavy atom. The fourth-order valence-electron chi connectivity index (χ4n) is 2.50. The molecule has 1 fully saturated rings. The Hall–Kier alpha value is -2.28. The molecule has 1 aliphatic heterocycles. The third-order valence-corrected chi connectivity index (χ3v) is 3.64. The van der Waals surface area contributed by atoms with Crippen molar-refractivity contribution in [3.8, 4) is 5.82 Å². The first-order valence-electron chi connectivity index (χ1n) is 7.13. The fraction of sp³-hybridized carbons (Fsp3) is 0.429. The largest absolute Gasteiger partial charge is 0.323 e. The van der Waals surface area contributed by atoms with E-state index in [1.165, 1.54) is 11.0 Å². The second-order valence-corrected chi connectivity index (χ2v) is 5.16. The molecule has 110 valence electrons. The second kappa shape index (κ2) is 6.45. The summed E-state index contributed by atoms with van der Waals surface area (Å²) in [6, 6.07) is 3.61. The molecular formula is C14H18N6O. The van der Waals surface area contributed by atoms with Crippen LogP contribution in [0.4, 0.5) is 5.69 Å². The van der Waals surface area contributed by atoms with Gasteiger partial charge in [0.15, 0.2) is 5.82 Å². The third kappa shape index (κ3) is 3.43. The highest BCUT2D eigenvalue weighted by Crippen LogP contribution is 2.18. The first-order chi connectivity index (χ1) is 10.3. The predicted octanol–water partition coefficient (Wildman–Crippen LogP) is 0.990. The van der Waals surface area contributed by atoms with E-state index in [0.717, 1.165) is 25.9 Å². The Morgan fingerprint density at radius 1 is 1.52 bits per heavy atom. The number of carbonyl (C=O) groups excluding carboxylic acids is 1. The summed E-state index contributed by atoms with van der Waals surface area (Å²) in [5.74, 6) is 1.20. The molecule has 2 N–H and O–H groups in total. The molecule has 3 heterocycles. The predicted molar refractivity (Wildman–Crippen MR) is 78.0 cm³/mol. The zero-order valence-corrected chi connectivity index (χ0v) is 11.7. The van der Waals surface area contributed by atoms with E-state index in [9.17, 15) is 4.79 Å². The standard InChI is InChI=1S/C14H18N6O/c21-13(4-3-11-5-7-15-8-11)19-12-2-1-6-17-14(12)20-10-16-9-18-20/h1-2,6,9-11,15H,3-5,7-8H2,(H,19,21). The molecule has 2 aromatic heterocycles. The highest BCUT2D eigenvalue weighted by molar-refractivity contribution is 5.92. The Balaban J connectivity index is 1.63. The summed E-state index contributed by atoms with van der Waals surface area (Å²) in [6.45, 7) is 2.08. The van der Waals surface area contributed by atoms with Crippen LogP contribution < -0.4 is 10.6 Å². The molecule has 0 radical (unpaired) electrons. The molecule has 0 saturated carbocycles. The molecule has 21 heavy (non-hydrogen) atoms. The molecule has 0 bridgehead atoms. The van der Waals surface area contributed by atoms with Gasteiger partial charge in [0, 0.05) is 12.6 Å². The maximum absolute atomic E-state index is 12.1. The number of anilines is 1. The van der Waals surface area contributed by atoms with E-state index in [4.69, 9.17) is 0 Å². The second-order valence-electron chi connectivity index (χ2n) is 5.16. The lowest BCUT2D eigenvalue weighted by Crippen LogP contribution is -2.16. The van der Waals surface area contributed by atoms with Crippen molar-refractivity contribution in [1.29, 1.82) is 0 Å². The van der Waals surface area contributed by atoms with Gasteiger partial charge >= 0.3 is 0 Å². The zero-order valence-electron chi connectivity index (χ0n) is 11.7. The topological polar surface area (TPSA) is 84.7 Å². The lowest BCUT2D eigenvalue weighted by atomic mass is 10.0. The molecule has 1 amide bonds. The van der Waals surface area contributed by atoms with Crippen molar-refractivity contribution < 1.29 is 4.79 Å². The van der Waals surface area contributed by atoms with E-state index >= 15 is 0 Å². The van der Waals surface area contributed by atoms with Crippen LogP contribution in [-0.4, -0.2) is 38.7 Å². The molecule has 0 aliphatic carbocycles. The number of nitrogens with zero attached hydrogens (tertiary/aromatic N) is 4. The van der Waals surface area contributed by atoms with Gasteiger partial charge in [-0.15, -0.1) is 0 Å². The van der Waals surface area contributed by atoms with E-state index in [-0.39, 0.29) is 5.91 Å². The summed E-state index contributed by atoms with van der Waals surface area (Å²) in [5, 5.41) is 10.3. The molecular weight excluding hydrogens is 268 g/mol. The number of amides is 1. The van der Waals surface area contributed by atoms with Gasteiger partial charge < -0.3 is 10.6 Å². The van der Waals surface area contributed by atoms with E-state index in [0.29, 0.717) is 23.8 Å². The molecule has 7 heteroatoms. The molecule has 1 atom stereocenters. The fourth-order valence-corrected chi connectivity index (χ4v) is 2.50. The smallest absolute Gasteiger partial charge is 0.224 e. The summed E-state index contributed by atoms with van der Waals surface area (Å²) >= 11 is 0. The summed E-state index contributed by atoms with van der Waals surface area (Å²) in [4.78, 5) is 20.2. The van der Waals surface area contributed by atoms with Crippen LogP contribution in [0.1, 0.15) is 19.3 Å². The van der Waals surface area contributed by atoms with Crippen LogP contribution in [0.25, 0.3) is 5.82 Å². The minimum Gasteiger partial charge on any atom is -0.323 e. The Kier molecular flexibility index (Phi) is 4.20. The monoisotopic (exact) mass is 286 g/mol. The minimum atomic E-state index is 0.0104. The lowest BCUT2D eigenvalue weighted by Gasteiger charge is -2.11. The maximum atomic E-state index is 12.1. The van der Waals surface area contributed by atoms with Crippen molar-refractivity contribution in [3.63, 3.8) is 0 Å². The number of hydrogen-bond donors (Lipinski definition) is 2. The average Bonchev–Trinajstić information content (AvgIpc) is 3.19. The first kappa shape index (κ1) is 13.7. The van der Waals surface area contributed by atoms with Crippen molar-refractivity contribution in [2.24, 2.45) is 5.92 Å². The van der Waals surface area contributed by atoms with Crippen LogP contribution in [0.5, 0.6) is 0 Å². The van der Waals surface area contributed by atoms with E-state index in [2.05, 4.69) is 25.7 Å². The van der Waals surface area contributed by atoms with Crippen molar-refractivity contribution in [2.75, 3.05) is 18.4 Å². The number of carbonyl (C=O) groups is 1. The molecule has 7 nitrogen and oxygen atoms in total. The van der Waals surface area contributed by atoms with Crippen LogP contribution in [0.15, 0.2) is 31.0 Å². The quantitative estimate of drug-likeness (QED) is 0.856. The molecule has 1 unspecified atom stereocenters. The van der Waals surface area contributed by atoms with E-state index in [1.54, 1.807) is 18.6 Å². The van der Waals surface area contributed by atoms with Crippen LogP contribution in [-0.2, 0) is 4.79 Å². The summed E-state index contributed by atoms with van der Waals surface area (Å²) in [7, 11) is 0. The van der Waals surface area contributed by atoms with Gasteiger partial charge in [-0.05, 0) is 44.0 Å². The van der Waals surface area contributed by atoms with Gasteiger partial charge in [-0.2, -0.15) is 5.10 Å². The molecule has 0 spiro atoms. The van der Waals surface area contributed by atoms with Gasteiger partial charge in [0.2, 0.25) is 5.91 Å². The lowest BCUT2D eigenvalue weighted by molar-refractivity contribution is -0.116. The summed E-state index contributed by atoms with van der Waals surface area (Å²) in [6.07, 6.45) is 7.26. The van der Waals surface area contributed by atoms with Gasteiger partial charge in [0.1, 0.15) is 12.7 Å². The number of rotatable bonds is 5. The zero-order chi connectivity index (χ0) is 14.5. The van der Waals surface area contributed by atoms with E-state index < -0.39 is 0 Å². The average molecular weight is 286 g/mol. The van der Waals surface area contributed by atoms with Crippen molar-refractivity contribution in [2.45, 2.75) is 19.3 Å². The van der Waals surface area contributed by atoms with E-state index in [1.807, 2.05) is 6.07 Å². The van der Waals surface area contributed by atoms with Gasteiger partial charge in [0.05, 0.1) is 5.69 Å². The SMILES string of the molecule is O=C(CCC1CCNC1)Nc1cccnc1-n1cncn1. The molecule has 0 aromatic carbocycles. The molecule has 1 aliphatic rings. The molecule has 3 rings (SSSR count). The molecule has 2 aromatic rings. The van der Waals surface area contributed by atoms with Crippen LogP contribution in [0.3, 0.4) is 0 Å². The summed E-state index contributed by atoms with van der Waals surface area (Å²) < 4.78 is 1.54. The Bertz CT molecular complexity index is 591. The van der Waals surface area contributed by atoms with Crippen LogP contribution >= 0.6 is 0 Å². The van der Waals surface area contributed by atoms with Crippen LogP contribution in [0.2, 0.25) is 0 Å². The Morgan fingerprint density at radius 3 is 3.24 bits per heavy atom. The van der Waals surface area contributed by atoms with Crippen LogP contribution in [0, 0.1) is 5.92 Å². The van der Waals surface area contributed by atoms with Crippen molar-refractivity contribution in [3.05, 3.63) is 31.0 Å². The van der Waals surface area contributed by atoms with Gasteiger partial charge in [0.25, 0.3) is 0 Å². The summed E-state index contributed by atoms with van der Waals surface area (Å²) in [5.41, 5.74) is 0.651. The highest BCUT2D eigenvalue weighted by atomic mass is 16.1. The molecule has 1 saturated heterocycles. The Labute approximate surface area is 122 Å². The highest BCUT2D eigenvalue weighted by Gasteiger charge is 2.16.